The molecule has 4 rings (SSSR count). The third-order valence-corrected chi connectivity index (χ3v) is 7.30. The van der Waals surface area contributed by atoms with Crippen LogP contribution in [0, 0.1) is 0 Å². The average molecular weight is 529 g/mol. The predicted octanol–water partition coefficient (Wildman–Crippen LogP) is 5.68. The molecule has 0 bridgehead atoms. The largest absolute Gasteiger partial charge is 0.480 e. The van der Waals surface area contributed by atoms with Gasteiger partial charge in [-0.3, -0.25) is 13.9 Å². The number of aliphatic carboxylic acids is 1. The van der Waals surface area contributed by atoms with Gasteiger partial charge in [-0.05, 0) is 65.4 Å². The van der Waals surface area contributed by atoms with E-state index in [1.165, 1.54) is 24.3 Å². The molecule has 1 amide bonds. The molecule has 4 aromatic rings. The van der Waals surface area contributed by atoms with Crippen LogP contribution in [0.2, 0.25) is 10.0 Å². The number of hydrogen-bond acceptors (Lipinski definition) is 4. The zero-order chi connectivity index (χ0) is 25.2. The van der Waals surface area contributed by atoms with Gasteiger partial charge in [0.25, 0.3) is 15.9 Å². The zero-order valence-corrected chi connectivity index (χ0v) is 20.3. The smallest absolute Gasteiger partial charge is 0.324 e. The van der Waals surface area contributed by atoms with Crippen LogP contribution < -0.4 is 9.62 Å². The maximum atomic E-state index is 13.3. The van der Waals surface area contributed by atoms with Gasteiger partial charge in [0.1, 0.15) is 6.54 Å². The van der Waals surface area contributed by atoms with Gasteiger partial charge in [0.15, 0.2) is 0 Å². The van der Waals surface area contributed by atoms with E-state index in [9.17, 15) is 23.1 Å². The minimum Gasteiger partial charge on any atom is -0.480 e. The standard InChI is InChI=1S/C25H18Cl2N2O5S/c26-19-12-20(27)14-23(13-19)35(33,34)29(15-24(30)31)22-9-8-16-10-18(7-6-17(16)11-22)25(32)28-21-4-2-1-3-5-21/h1-14H,15H2,(H,28,32)(H,30,31). The summed E-state index contributed by atoms with van der Waals surface area (Å²) in [4.78, 5) is 23.9. The molecule has 35 heavy (non-hydrogen) atoms. The molecule has 7 nitrogen and oxygen atoms in total. The monoisotopic (exact) mass is 528 g/mol. The van der Waals surface area contributed by atoms with Crippen molar-refractivity contribution in [2.75, 3.05) is 16.2 Å². The number of fused-ring (bicyclic) bond motifs is 1. The van der Waals surface area contributed by atoms with Gasteiger partial charge in [-0.1, -0.05) is 53.5 Å². The molecule has 0 atom stereocenters. The fourth-order valence-corrected chi connectivity index (χ4v) is 5.63. The van der Waals surface area contributed by atoms with Crippen LogP contribution in [0.5, 0.6) is 0 Å². The summed E-state index contributed by atoms with van der Waals surface area (Å²) in [5.41, 5.74) is 1.21. The molecule has 0 aliphatic heterocycles. The summed E-state index contributed by atoms with van der Waals surface area (Å²) in [7, 11) is -4.30. The number of para-hydroxylation sites is 1. The Bertz CT molecular complexity index is 1520. The summed E-state index contributed by atoms with van der Waals surface area (Å²) in [5, 5.41) is 13.7. The fraction of sp³-hybridized carbons (Fsp3) is 0.0400. The van der Waals surface area contributed by atoms with E-state index < -0.39 is 22.5 Å². The Labute approximate surface area is 211 Å². The average Bonchev–Trinajstić information content (AvgIpc) is 2.81. The molecule has 0 heterocycles. The molecule has 4 aromatic carbocycles. The number of nitrogens with one attached hydrogen (secondary N) is 1. The Hall–Kier alpha value is -3.59. The van der Waals surface area contributed by atoms with E-state index in [0.717, 1.165) is 4.31 Å². The summed E-state index contributed by atoms with van der Waals surface area (Å²) < 4.78 is 27.4. The first-order chi connectivity index (χ1) is 16.6. The van der Waals surface area contributed by atoms with Crippen molar-refractivity contribution in [1.82, 2.24) is 0 Å². The third-order valence-electron chi connectivity index (χ3n) is 5.11. The molecule has 2 N–H and O–H groups in total. The van der Waals surface area contributed by atoms with E-state index >= 15 is 0 Å². The number of sulfonamides is 1. The van der Waals surface area contributed by atoms with E-state index in [0.29, 0.717) is 22.0 Å². The Kier molecular flexibility index (Phi) is 6.98. The van der Waals surface area contributed by atoms with Crippen molar-refractivity contribution in [3.8, 4) is 0 Å². The molecule has 0 saturated heterocycles. The lowest BCUT2D eigenvalue weighted by molar-refractivity contribution is -0.135. The third kappa shape index (κ3) is 5.57. The number of carboxylic acid groups (broad SMARTS) is 1. The van der Waals surface area contributed by atoms with Crippen molar-refractivity contribution in [2.45, 2.75) is 4.90 Å². The van der Waals surface area contributed by atoms with E-state index in [4.69, 9.17) is 23.2 Å². The number of anilines is 2. The van der Waals surface area contributed by atoms with Gasteiger partial charge in [-0.15, -0.1) is 0 Å². The van der Waals surface area contributed by atoms with Crippen LogP contribution in [0.3, 0.4) is 0 Å². The Morgan fingerprint density at radius 3 is 2.11 bits per heavy atom. The van der Waals surface area contributed by atoms with Crippen molar-refractivity contribution >= 4 is 67.2 Å². The number of hydrogen-bond donors (Lipinski definition) is 2. The van der Waals surface area contributed by atoms with Gasteiger partial charge >= 0.3 is 5.97 Å². The van der Waals surface area contributed by atoms with Crippen molar-refractivity contribution < 1.29 is 23.1 Å². The predicted molar refractivity (Wildman–Crippen MR) is 137 cm³/mol. The molecule has 0 aliphatic carbocycles. The summed E-state index contributed by atoms with van der Waals surface area (Å²) >= 11 is 11.9. The highest BCUT2D eigenvalue weighted by Gasteiger charge is 2.28. The maximum Gasteiger partial charge on any atom is 0.324 e. The molecule has 0 fully saturated rings. The first-order valence-corrected chi connectivity index (χ1v) is 12.4. The Morgan fingerprint density at radius 2 is 1.46 bits per heavy atom. The van der Waals surface area contributed by atoms with Gasteiger partial charge in [-0.25, -0.2) is 8.42 Å². The number of nitrogens with zero attached hydrogens (tertiary/aromatic N) is 1. The van der Waals surface area contributed by atoms with Gasteiger partial charge in [0.05, 0.1) is 10.6 Å². The second kappa shape index (κ2) is 9.95. The molecule has 10 heteroatoms. The lowest BCUT2D eigenvalue weighted by atomic mass is 10.1. The normalized spacial score (nSPS) is 11.3. The second-order valence-electron chi connectivity index (χ2n) is 7.58. The molecule has 0 aliphatic rings. The number of carbonyl (C=O) groups is 2. The highest BCUT2D eigenvalue weighted by atomic mass is 35.5. The second-order valence-corrected chi connectivity index (χ2v) is 10.3. The van der Waals surface area contributed by atoms with E-state index in [1.807, 2.05) is 18.2 Å². The van der Waals surface area contributed by atoms with Crippen LogP contribution in [0.15, 0.2) is 89.8 Å². The van der Waals surface area contributed by atoms with Crippen molar-refractivity contribution in [2.24, 2.45) is 0 Å². The number of halogens is 2. The van der Waals surface area contributed by atoms with Gasteiger partial charge in [0, 0.05) is 21.3 Å². The van der Waals surface area contributed by atoms with Crippen molar-refractivity contribution in [3.63, 3.8) is 0 Å². The molecule has 0 saturated carbocycles. The van der Waals surface area contributed by atoms with E-state index in [1.54, 1.807) is 42.5 Å². The number of rotatable bonds is 7. The number of benzene rings is 4. The number of carboxylic acids is 1. The Balaban J connectivity index is 1.70. The minimum absolute atomic E-state index is 0.103. The van der Waals surface area contributed by atoms with Gasteiger partial charge in [-0.2, -0.15) is 0 Å². The molecule has 178 valence electrons. The summed E-state index contributed by atoms with van der Waals surface area (Å²) in [6.07, 6.45) is 0. The molecular formula is C25H18Cl2N2O5S. The first-order valence-electron chi connectivity index (χ1n) is 10.2. The van der Waals surface area contributed by atoms with Crippen LogP contribution in [-0.2, 0) is 14.8 Å². The number of carbonyl (C=O) groups excluding carboxylic acids is 1. The van der Waals surface area contributed by atoms with E-state index in [-0.39, 0.29) is 26.5 Å². The molecule has 0 radical (unpaired) electrons. The van der Waals surface area contributed by atoms with Crippen LogP contribution in [0.25, 0.3) is 10.8 Å². The van der Waals surface area contributed by atoms with Gasteiger partial charge < -0.3 is 10.4 Å². The van der Waals surface area contributed by atoms with Crippen LogP contribution in [0.1, 0.15) is 10.4 Å². The maximum absolute atomic E-state index is 13.3. The van der Waals surface area contributed by atoms with Crippen molar-refractivity contribution in [1.29, 1.82) is 0 Å². The van der Waals surface area contributed by atoms with Gasteiger partial charge in [0.2, 0.25) is 0 Å². The highest BCUT2D eigenvalue weighted by molar-refractivity contribution is 7.92. The van der Waals surface area contributed by atoms with Crippen LogP contribution in [0.4, 0.5) is 11.4 Å². The number of amides is 1. The Morgan fingerprint density at radius 1 is 0.829 bits per heavy atom. The molecular weight excluding hydrogens is 511 g/mol. The zero-order valence-electron chi connectivity index (χ0n) is 18.0. The lowest BCUT2D eigenvalue weighted by Crippen LogP contribution is -2.35. The summed E-state index contributed by atoms with van der Waals surface area (Å²) in [5.74, 6) is -1.63. The fourth-order valence-electron chi connectivity index (χ4n) is 3.50. The van der Waals surface area contributed by atoms with Crippen LogP contribution >= 0.6 is 23.2 Å². The molecule has 0 unspecified atom stereocenters. The SMILES string of the molecule is O=C(O)CN(c1ccc2cc(C(=O)Nc3ccccc3)ccc2c1)S(=O)(=O)c1cc(Cl)cc(Cl)c1. The summed E-state index contributed by atoms with van der Waals surface area (Å²) in [6.45, 7) is -0.810. The lowest BCUT2D eigenvalue weighted by Gasteiger charge is -2.23. The topological polar surface area (TPSA) is 104 Å². The van der Waals surface area contributed by atoms with E-state index in [2.05, 4.69) is 5.32 Å². The van der Waals surface area contributed by atoms with Crippen molar-refractivity contribution in [3.05, 3.63) is 101 Å². The quantitative estimate of drug-likeness (QED) is 0.321. The molecule has 0 aromatic heterocycles. The molecule has 0 spiro atoms. The summed E-state index contributed by atoms with van der Waals surface area (Å²) in [6, 6.07) is 22.4. The van der Waals surface area contributed by atoms with Crippen LogP contribution in [-0.4, -0.2) is 31.9 Å². The minimum atomic E-state index is -4.30. The highest BCUT2D eigenvalue weighted by Crippen LogP contribution is 2.30. The first kappa shape index (κ1) is 24.5.